The number of benzene rings is 1. The summed E-state index contributed by atoms with van der Waals surface area (Å²) in [4.78, 5) is 10.3. The maximum absolute atomic E-state index is 10.8. The van der Waals surface area contributed by atoms with Crippen LogP contribution in [0.15, 0.2) is 18.2 Å². The second kappa shape index (κ2) is 5.05. The van der Waals surface area contributed by atoms with Crippen molar-refractivity contribution in [2.75, 3.05) is 6.26 Å². The van der Waals surface area contributed by atoms with Crippen molar-refractivity contribution in [3.8, 4) is 11.5 Å². The Kier molecular flexibility index (Phi) is 3.95. The number of phenolic OH excluding ortho intramolecular Hbond substituents is 1. The average Bonchev–Trinajstić information content (AvgIpc) is 2.17. The molecular formula is C10H12O6S. The fourth-order valence-corrected chi connectivity index (χ4v) is 1.67. The van der Waals surface area contributed by atoms with Crippen molar-refractivity contribution in [3.05, 3.63) is 23.8 Å². The summed E-state index contributed by atoms with van der Waals surface area (Å²) in [6.45, 7) is 0. The van der Waals surface area contributed by atoms with E-state index in [2.05, 4.69) is 4.18 Å². The standard InChI is InChI=1S/C10H12O6S/c1-17(14,15)16-9-4-2-7(6-8(9)11)3-5-10(12)13/h2,4,6,11H,3,5H2,1H3,(H,12,13). The lowest BCUT2D eigenvalue weighted by Gasteiger charge is -2.06. The first-order valence-corrected chi connectivity index (χ1v) is 6.53. The van der Waals surface area contributed by atoms with E-state index in [-0.39, 0.29) is 24.3 Å². The molecule has 0 atom stereocenters. The van der Waals surface area contributed by atoms with Crippen LogP contribution < -0.4 is 4.18 Å². The van der Waals surface area contributed by atoms with E-state index in [1.165, 1.54) is 18.2 Å². The van der Waals surface area contributed by atoms with Crippen LogP contribution in [-0.2, 0) is 21.3 Å². The molecule has 2 N–H and O–H groups in total. The first-order chi connectivity index (χ1) is 7.78. The van der Waals surface area contributed by atoms with Crippen molar-refractivity contribution in [2.24, 2.45) is 0 Å². The molecule has 0 aliphatic rings. The van der Waals surface area contributed by atoms with Crippen LogP contribution in [-0.4, -0.2) is 30.9 Å². The van der Waals surface area contributed by atoms with Gasteiger partial charge in [0.15, 0.2) is 11.5 Å². The second-order valence-electron chi connectivity index (χ2n) is 3.48. The number of carboxylic acid groups (broad SMARTS) is 1. The summed E-state index contributed by atoms with van der Waals surface area (Å²) in [5, 5.41) is 18.0. The van der Waals surface area contributed by atoms with Gasteiger partial charge in [0.1, 0.15) is 0 Å². The number of aliphatic carboxylic acids is 1. The molecule has 1 aromatic rings. The molecule has 0 bridgehead atoms. The largest absolute Gasteiger partial charge is 0.504 e. The first-order valence-electron chi connectivity index (χ1n) is 4.71. The summed E-state index contributed by atoms with van der Waals surface area (Å²) in [6.07, 6.45) is 1.05. The van der Waals surface area contributed by atoms with Crippen molar-refractivity contribution in [1.29, 1.82) is 0 Å². The van der Waals surface area contributed by atoms with Gasteiger partial charge in [0.05, 0.1) is 6.26 Å². The predicted molar refractivity (Wildman–Crippen MR) is 59.5 cm³/mol. The van der Waals surface area contributed by atoms with E-state index in [1.807, 2.05) is 0 Å². The van der Waals surface area contributed by atoms with E-state index < -0.39 is 16.1 Å². The molecule has 0 spiro atoms. The van der Waals surface area contributed by atoms with E-state index in [1.54, 1.807) is 0 Å². The van der Waals surface area contributed by atoms with Crippen LogP contribution in [0, 0.1) is 0 Å². The van der Waals surface area contributed by atoms with E-state index in [4.69, 9.17) is 5.11 Å². The number of hydrogen-bond donors (Lipinski definition) is 2. The topological polar surface area (TPSA) is 101 Å². The molecule has 6 nitrogen and oxygen atoms in total. The molecular weight excluding hydrogens is 248 g/mol. The molecule has 94 valence electrons. The number of aromatic hydroxyl groups is 1. The molecule has 0 saturated carbocycles. The molecule has 17 heavy (non-hydrogen) atoms. The van der Waals surface area contributed by atoms with Crippen molar-refractivity contribution >= 4 is 16.1 Å². The number of rotatable bonds is 5. The zero-order valence-corrected chi connectivity index (χ0v) is 9.90. The van der Waals surface area contributed by atoms with Crippen LogP contribution in [0.1, 0.15) is 12.0 Å². The molecule has 7 heteroatoms. The number of carbonyl (C=O) groups is 1. The lowest BCUT2D eigenvalue weighted by molar-refractivity contribution is -0.136. The maximum atomic E-state index is 10.8. The Labute approximate surface area is 98.6 Å². The van der Waals surface area contributed by atoms with Crippen LogP contribution in [0.2, 0.25) is 0 Å². The minimum absolute atomic E-state index is 0.0638. The van der Waals surface area contributed by atoms with Crippen molar-refractivity contribution in [3.63, 3.8) is 0 Å². The van der Waals surface area contributed by atoms with Gasteiger partial charge in [-0.1, -0.05) is 6.07 Å². The Morgan fingerprint density at radius 3 is 2.53 bits per heavy atom. The molecule has 0 aliphatic carbocycles. The van der Waals surface area contributed by atoms with Gasteiger partial charge in [-0.2, -0.15) is 8.42 Å². The maximum Gasteiger partial charge on any atom is 0.306 e. The van der Waals surface area contributed by atoms with Gasteiger partial charge < -0.3 is 14.4 Å². The summed E-state index contributed by atoms with van der Waals surface area (Å²) in [6, 6.07) is 4.07. The molecule has 0 fully saturated rings. The van der Waals surface area contributed by atoms with Crippen LogP contribution in [0.4, 0.5) is 0 Å². The summed E-state index contributed by atoms with van der Waals surface area (Å²) >= 11 is 0. The highest BCUT2D eigenvalue weighted by molar-refractivity contribution is 7.86. The third-order valence-corrected chi connectivity index (χ3v) is 2.37. The van der Waals surface area contributed by atoms with Gasteiger partial charge in [-0.05, 0) is 24.1 Å². The lowest BCUT2D eigenvalue weighted by Crippen LogP contribution is -2.06. The van der Waals surface area contributed by atoms with Crippen molar-refractivity contribution < 1.29 is 27.6 Å². The Balaban J connectivity index is 2.83. The molecule has 0 unspecified atom stereocenters. The van der Waals surface area contributed by atoms with E-state index in [0.717, 1.165) is 6.26 Å². The predicted octanol–water partition coefficient (Wildman–Crippen LogP) is 0.748. The molecule has 0 heterocycles. The molecule has 0 aromatic heterocycles. The quantitative estimate of drug-likeness (QED) is 0.757. The highest BCUT2D eigenvalue weighted by atomic mass is 32.2. The lowest BCUT2D eigenvalue weighted by atomic mass is 10.1. The van der Waals surface area contributed by atoms with Gasteiger partial charge in [0, 0.05) is 6.42 Å². The van der Waals surface area contributed by atoms with Crippen LogP contribution in [0.25, 0.3) is 0 Å². The monoisotopic (exact) mass is 260 g/mol. The summed E-state index contributed by atoms with van der Waals surface area (Å²) in [7, 11) is -3.69. The normalized spacial score (nSPS) is 11.1. The zero-order valence-electron chi connectivity index (χ0n) is 9.08. The average molecular weight is 260 g/mol. The fraction of sp³-hybridized carbons (Fsp3) is 0.300. The van der Waals surface area contributed by atoms with Crippen molar-refractivity contribution in [1.82, 2.24) is 0 Å². The fourth-order valence-electron chi connectivity index (χ4n) is 1.20. The smallest absolute Gasteiger partial charge is 0.306 e. The number of aryl methyl sites for hydroxylation is 1. The van der Waals surface area contributed by atoms with Crippen LogP contribution in [0.3, 0.4) is 0 Å². The number of carboxylic acids is 1. The Bertz CT molecular complexity index is 520. The molecule has 0 aliphatic heterocycles. The van der Waals surface area contributed by atoms with Gasteiger partial charge in [-0.15, -0.1) is 0 Å². The minimum atomic E-state index is -3.69. The van der Waals surface area contributed by atoms with Gasteiger partial charge in [0.25, 0.3) is 0 Å². The highest BCUT2D eigenvalue weighted by Gasteiger charge is 2.10. The number of hydrogen-bond acceptors (Lipinski definition) is 5. The summed E-state index contributed by atoms with van der Waals surface area (Å²) in [5.41, 5.74) is 0.589. The molecule has 1 rings (SSSR count). The second-order valence-corrected chi connectivity index (χ2v) is 5.06. The molecule has 1 aromatic carbocycles. The zero-order chi connectivity index (χ0) is 13.1. The summed E-state index contributed by atoms with van der Waals surface area (Å²) in [5.74, 6) is -1.45. The number of phenols is 1. The Morgan fingerprint density at radius 1 is 1.41 bits per heavy atom. The van der Waals surface area contributed by atoms with Gasteiger partial charge in [-0.25, -0.2) is 0 Å². The molecule has 0 saturated heterocycles. The molecule has 0 amide bonds. The van der Waals surface area contributed by atoms with Crippen LogP contribution >= 0.6 is 0 Å². The summed E-state index contributed by atoms with van der Waals surface area (Å²) < 4.78 is 26.2. The van der Waals surface area contributed by atoms with Gasteiger partial charge in [0.2, 0.25) is 0 Å². The SMILES string of the molecule is CS(=O)(=O)Oc1ccc(CCC(=O)O)cc1O. The van der Waals surface area contributed by atoms with E-state index >= 15 is 0 Å². The Morgan fingerprint density at radius 2 is 2.06 bits per heavy atom. The van der Waals surface area contributed by atoms with Gasteiger partial charge in [-0.3, -0.25) is 4.79 Å². The van der Waals surface area contributed by atoms with E-state index in [9.17, 15) is 18.3 Å². The van der Waals surface area contributed by atoms with E-state index in [0.29, 0.717) is 5.56 Å². The third-order valence-electron chi connectivity index (χ3n) is 1.89. The van der Waals surface area contributed by atoms with Gasteiger partial charge >= 0.3 is 16.1 Å². The van der Waals surface area contributed by atoms with Crippen LogP contribution in [0.5, 0.6) is 11.5 Å². The third kappa shape index (κ3) is 4.73. The Hall–Kier alpha value is -1.76. The molecule has 0 radical (unpaired) electrons. The first kappa shape index (κ1) is 13.3. The highest BCUT2D eigenvalue weighted by Crippen LogP contribution is 2.28. The minimum Gasteiger partial charge on any atom is -0.504 e. The van der Waals surface area contributed by atoms with Crippen molar-refractivity contribution in [2.45, 2.75) is 12.8 Å².